The number of hydrogen-bond acceptors (Lipinski definition) is 4. The van der Waals surface area contributed by atoms with E-state index in [1.165, 1.54) is 0 Å². The molecular weight excluding hydrogens is 370 g/mol. The molecule has 0 radical (unpaired) electrons. The van der Waals surface area contributed by atoms with Gasteiger partial charge in [-0.1, -0.05) is 35.9 Å². The molecule has 0 bridgehead atoms. The van der Waals surface area contributed by atoms with Crippen LogP contribution in [0.2, 0.25) is 0 Å². The van der Waals surface area contributed by atoms with Crippen LogP contribution in [0, 0.1) is 6.92 Å². The van der Waals surface area contributed by atoms with Crippen LogP contribution < -0.4 is 15.5 Å². The Balaban J connectivity index is 1.74. The van der Waals surface area contributed by atoms with E-state index in [-0.39, 0.29) is 12.5 Å². The highest BCUT2D eigenvalue weighted by molar-refractivity contribution is 6.07. The van der Waals surface area contributed by atoms with Crippen LogP contribution in [-0.4, -0.2) is 38.0 Å². The first-order valence-corrected chi connectivity index (χ1v) is 9.81. The maximum atomic E-state index is 13.1. The van der Waals surface area contributed by atoms with E-state index in [9.17, 15) is 9.59 Å². The van der Waals surface area contributed by atoms with Gasteiger partial charge in [0.05, 0.1) is 6.54 Å². The molecule has 1 heterocycles. The van der Waals surface area contributed by atoms with Crippen LogP contribution in [0.5, 0.6) is 0 Å². The molecule has 3 rings (SSSR count). The second-order valence-corrected chi connectivity index (χ2v) is 6.75. The first-order chi connectivity index (χ1) is 14.0. The average molecular weight is 397 g/mol. The van der Waals surface area contributed by atoms with Crippen LogP contribution >= 0.6 is 0 Å². The van der Waals surface area contributed by atoms with Crippen LogP contribution in [0.1, 0.15) is 31.0 Å². The van der Waals surface area contributed by atoms with Crippen LogP contribution in [-0.2, 0) is 14.3 Å². The van der Waals surface area contributed by atoms with Gasteiger partial charge in [-0.3, -0.25) is 4.79 Å². The molecule has 7 heteroatoms. The molecule has 1 aliphatic heterocycles. The van der Waals surface area contributed by atoms with Gasteiger partial charge in [0, 0.05) is 30.2 Å². The number of nitrogens with zero attached hydrogens (tertiary/aromatic N) is 1. The van der Waals surface area contributed by atoms with Crippen LogP contribution in [0.25, 0.3) is 0 Å². The number of amides is 3. The molecule has 1 aliphatic rings. The summed E-state index contributed by atoms with van der Waals surface area (Å²) in [6.45, 7) is 6.96. The number of benzene rings is 2. The van der Waals surface area contributed by atoms with E-state index in [4.69, 9.17) is 9.47 Å². The fraction of sp³-hybridized carbons (Fsp3) is 0.364. The van der Waals surface area contributed by atoms with Crippen molar-refractivity contribution in [1.82, 2.24) is 5.32 Å². The maximum Gasteiger partial charge on any atom is 0.320 e. The molecule has 29 heavy (non-hydrogen) atoms. The number of aryl methyl sites for hydroxylation is 1. The number of hydrogen-bond donors (Lipinski definition) is 2. The van der Waals surface area contributed by atoms with Gasteiger partial charge in [0.15, 0.2) is 6.29 Å². The fourth-order valence-corrected chi connectivity index (χ4v) is 3.32. The van der Waals surface area contributed by atoms with Crippen molar-refractivity contribution in [2.45, 2.75) is 33.1 Å². The highest BCUT2D eigenvalue weighted by atomic mass is 16.7. The van der Waals surface area contributed by atoms with Gasteiger partial charge in [0.1, 0.15) is 6.04 Å². The zero-order valence-corrected chi connectivity index (χ0v) is 17.0. The monoisotopic (exact) mass is 397 g/mol. The van der Waals surface area contributed by atoms with E-state index < -0.39 is 18.4 Å². The van der Waals surface area contributed by atoms with Crippen molar-refractivity contribution in [1.29, 1.82) is 0 Å². The average Bonchev–Trinajstić information content (AvgIpc) is 2.96. The minimum atomic E-state index is -0.763. The number of carbonyl (C=O) groups is 2. The number of nitrogens with one attached hydrogen (secondary N) is 2. The fourth-order valence-electron chi connectivity index (χ4n) is 3.32. The van der Waals surface area contributed by atoms with Crippen LogP contribution in [0.4, 0.5) is 16.2 Å². The topological polar surface area (TPSA) is 79.9 Å². The van der Waals surface area contributed by atoms with Gasteiger partial charge < -0.3 is 25.0 Å². The number of urea groups is 1. The number of fused-ring (bicyclic) bond motifs is 1. The van der Waals surface area contributed by atoms with Gasteiger partial charge in [-0.25, -0.2) is 4.79 Å². The Labute approximate surface area is 171 Å². The Morgan fingerprint density at radius 3 is 2.38 bits per heavy atom. The summed E-state index contributed by atoms with van der Waals surface area (Å²) in [7, 11) is 0. The SMILES string of the molecule is CCOC(CN1C(=O)C(NC(=O)Nc2ccc(C)cc2)c2ccccc21)OCC. The van der Waals surface area contributed by atoms with Crippen molar-refractivity contribution in [2.75, 3.05) is 30.0 Å². The summed E-state index contributed by atoms with van der Waals surface area (Å²) in [5.74, 6) is -0.213. The van der Waals surface area contributed by atoms with Crippen molar-refractivity contribution in [2.24, 2.45) is 0 Å². The molecule has 7 nitrogen and oxygen atoms in total. The second-order valence-electron chi connectivity index (χ2n) is 6.75. The lowest BCUT2D eigenvalue weighted by Crippen LogP contribution is -2.43. The van der Waals surface area contributed by atoms with E-state index in [1.54, 1.807) is 4.90 Å². The highest BCUT2D eigenvalue weighted by Gasteiger charge is 2.39. The van der Waals surface area contributed by atoms with Crippen molar-refractivity contribution >= 4 is 23.3 Å². The quantitative estimate of drug-likeness (QED) is 0.667. The highest BCUT2D eigenvalue weighted by Crippen LogP contribution is 2.36. The first-order valence-electron chi connectivity index (χ1n) is 9.81. The third-order valence-electron chi connectivity index (χ3n) is 4.67. The zero-order valence-electron chi connectivity index (χ0n) is 17.0. The van der Waals surface area contributed by atoms with Crippen LogP contribution in [0.15, 0.2) is 48.5 Å². The summed E-state index contributed by atoms with van der Waals surface area (Å²) in [6, 6.07) is 13.7. The maximum absolute atomic E-state index is 13.1. The lowest BCUT2D eigenvalue weighted by atomic mass is 10.1. The van der Waals surface area contributed by atoms with E-state index in [0.717, 1.165) is 16.8 Å². The molecule has 0 spiro atoms. The Morgan fingerprint density at radius 2 is 1.72 bits per heavy atom. The molecule has 2 aromatic rings. The van der Waals surface area contributed by atoms with Gasteiger partial charge in [-0.2, -0.15) is 0 Å². The van der Waals surface area contributed by atoms with Gasteiger partial charge in [0.2, 0.25) is 0 Å². The molecule has 3 amide bonds. The largest absolute Gasteiger partial charge is 0.351 e. The second kappa shape index (κ2) is 9.54. The molecule has 0 aromatic heterocycles. The minimum Gasteiger partial charge on any atom is -0.351 e. The Kier molecular flexibility index (Phi) is 6.85. The Bertz CT molecular complexity index is 847. The first kappa shape index (κ1) is 20.8. The third-order valence-corrected chi connectivity index (χ3v) is 4.67. The number of para-hydroxylation sites is 1. The summed E-state index contributed by atoms with van der Waals surface area (Å²) in [6.07, 6.45) is -0.526. The molecule has 2 N–H and O–H groups in total. The Morgan fingerprint density at radius 1 is 1.07 bits per heavy atom. The number of anilines is 2. The summed E-state index contributed by atoms with van der Waals surface area (Å²) in [5.41, 5.74) is 3.27. The van der Waals surface area contributed by atoms with E-state index in [0.29, 0.717) is 18.9 Å². The summed E-state index contributed by atoms with van der Waals surface area (Å²) in [5, 5.41) is 5.57. The molecule has 0 saturated heterocycles. The number of ether oxygens (including phenoxy) is 2. The molecule has 1 atom stereocenters. The smallest absolute Gasteiger partial charge is 0.320 e. The van der Waals surface area contributed by atoms with Gasteiger partial charge in [0.25, 0.3) is 5.91 Å². The predicted octanol–water partition coefficient (Wildman–Crippen LogP) is 3.60. The van der Waals surface area contributed by atoms with E-state index in [1.807, 2.05) is 69.3 Å². The molecule has 0 fully saturated rings. The molecular formula is C22H27N3O4. The van der Waals surface area contributed by atoms with E-state index >= 15 is 0 Å². The molecule has 0 aliphatic carbocycles. The molecule has 1 unspecified atom stereocenters. The standard InChI is InChI=1S/C22H27N3O4/c1-4-28-19(29-5-2)14-25-18-9-7-6-8-17(18)20(21(25)26)24-22(27)23-16-12-10-15(3)11-13-16/h6-13,19-20H,4-5,14H2,1-3H3,(H2,23,24,27). The Hall–Kier alpha value is -2.90. The molecule has 154 valence electrons. The van der Waals surface area contributed by atoms with E-state index in [2.05, 4.69) is 10.6 Å². The van der Waals surface area contributed by atoms with Gasteiger partial charge in [-0.15, -0.1) is 0 Å². The summed E-state index contributed by atoms with van der Waals surface area (Å²) in [4.78, 5) is 27.2. The summed E-state index contributed by atoms with van der Waals surface area (Å²) >= 11 is 0. The normalized spacial score (nSPS) is 15.5. The van der Waals surface area contributed by atoms with Crippen molar-refractivity contribution in [3.63, 3.8) is 0 Å². The number of rotatable bonds is 8. The lowest BCUT2D eigenvalue weighted by Gasteiger charge is -2.24. The zero-order chi connectivity index (χ0) is 20.8. The van der Waals surface area contributed by atoms with Crippen LogP contribution in [0.3, 0.4) is 0 Å². The molecule has 2 aromatic carbocycles. The summed E-state index contributed by atoms with van der Waals surface area (Å²) < 4.78 is 11.2. The van der Waals surface area contributed by atoms with Gasteiger partial charge >= 0.3 is 6.03 Å². The predicted molar refractivity (Wildman–Crippen MR) is 112 cm³/mol. The lowest BCUT2D eigenvalue weighted by molar-refractivity contribution is -0.135. The van der Waals surface area contributed by atoms with Crippen molar-refractivity contribution in [3.8, 4) is 0 Å². The van der Waals surface area contributed by atoms with Crippen molar-refractivity contribution in [3.05, 3.63) is 59.7 Å². The van der Waals surface area contributed by atoms with Gasteiger partial charge in [-0.05, 0) is 39.0 Å². The minimum absolute atomic E-state index is 0.213. The number of carbonyl (C=O) groups excluding carboxylic acids is 2. The molecule has 0 saturated carbocycles. The third kappa shape index (κ3) is 4.93. The van der Waals surface area contributed by atoms with Crippen molar-refractivity contribution < 1.29 is 19.1 Å².